The summed E-state index contributed by atoms with van der Waals surface area (Å²) in [4.78, 5) is 0. The summed E-state index contributed by atoms with van der Waals surface area (Å²) in [5.41, 5.74) is 1.01. The highest BCUT2D eigenvalue weighted by atomic mass is 14.9. The standard InChI is InChI=1S/C10H23N.C9H21N/c1-9(2,3)7-8-11-10(4,5)6;1-8(2)6-7-10-9(3,4)5/h11H,7-8H2,1-6H3;8,10H,6-7H2,1-5H3. The smallest absolute Gasteiger partial charge is 0.00965 e. The van der Waals surface area contributed by atoms with Gasteiger partial charge in [-0.05, 0) is 78.8 Å². The first-order valence-corrected chi connectivity index (χ1v) is 8.62. The maximum absolute atomic E-state index is 3.48. The highest BCUT2D eigenvalue weighted by Gasteiger charge is 2.12. The van der Waals surface area contributed by atoms with Crippen molar-refractivity contribution in [3.8, 4) is 0 Å². The van der Waals surface area contributed by atoms with Crippen molar-refractivity contribution >= 4 is 0 Å². The summed E-state index contributed by atoms with van der Waals surface area (Å²) < 4.78 is 0. The predicted molar refractivity (Wildman–Crippen MR) is 99.0 cm³/mol. The van der Waals surface area contributed by atoms with Gasteiger partial charge in [-0.15, -0.1) is 0 Å². The lowest BCUT2D eigenvalue weighted by Crippen LogP contribution is -2.37. The number of hydrogen-bond acceptors (Lipinski definition) is 2. The molecule has 0 aromatic rings. The Hall–Kier alpha value is -0.0800. The Morgan fingerprint density at radius 3 is 1.33 bits per heavy atom. The summed E-state index contributed by atoms with van der Waals surface area (Å²) in [6.45, 7) is 26.8. The molecule has 0 fully saturated rings. The van der Waals surface area contributed by atoms with E-state index >= 15 is 0 Å². The molecule has 0 aliphatic rings. The fourth-order valence-electron chi connectivity index (χ4n) is 1.55. The van der Waals surface area contributed by atoms with Gasteiger partial charge in [0.05, 0.1) is 0 Å². The third-order valence-corrected chi connectivity index (χ3v) is 2.91. The molecule has 0 aromatic carbocycles. The number of hydrogen-bond donors (Lipinski definition) is 2. The van der Waals surface area contributed by atoms with Gasteiger partial charge in [-0.1, -0.05) is 34.6 Å². The van der Waals surface area contributed by atoms with Crippen molar-refractivity contribution < 1.29 is 0 Å². The number of nitrogens with one attached hydrogen (secondary N) is 2. The van der Waals surface area contributed by atoms with Crippen LogP contribution in [0.3, 0.4) is 0 Å². The Balaban J connectivity index is 0. The van der Waals surface area contributed by atoms with Gasteiger partial charge in [-0.25, -0.2) is 0 Å². The van der Waals surface area contributed by atoms with E-state index in [0.29, 0.717) is 5.41 Å². The maximum atomic E-state index is 3.48. The quantitative estimate of drug-likeness (QED) is 0.726. The van der Waals surface area contributed by atoms with Crippen LogP contribution < -0.4 is 10.6 Å². The van der Waals surface area contributed by atoms with E-state index in [1.165, 1.54) is 12.8 Å². The van der Waals surface area contributed by atoms with Gasteiger partial charge in [-0.3, -0.25) is 0 Å². The van der Waals surface area contributed by atoms with Gasteiger partial charge in [0.2, 0.25) is 0 Å². The number of rotatable bonds is 5. The second-order valence-electron chi connectivity index (χ2n) is 9.85. The van der Waals surface area contributed by atoms with Gasteiger partial charge < -0.3 is 10.6 Å². The van der Waals surface area contributed by atoms with E-state index in [1.54, 1.807) is 0 Å². The molecule has 0 aliphatic heterocycles. The molecule has 0 aromatic heterocycles. The van der Waals surface area contributed by atoms with E-state index in [9.17, 15) is 0 Å². The zero-order valence-electron chi connectivity index (χ0n) is 16.9. The van der Waals surface area contributed by atoms with Gasteiger partial charge in [0.25, 0.3) is 0 Å². The van der Waals surface area contributed by atoms with E-state index in [4.69, 9.17) is 0 Å². The second kappa shape index (κ2) is 9.84. The van der Waals surface area contributed by atoms with Crippen LogP contribution in [-0.4, -0.2) is 24.2 Å². The van der Waals surface area contributed by atoms with Crippen molar-refractivity contribution in [3.63, 3.8) is 0 Å². The largest absolute Gasteiger partial charge is 0.312 e. The van der Waals surface area contributed by atoms with Gasteiger partial charge in [-0.2, -0.15) is 0 Å². The molecular formula is C19H44N2. The van der Waals surface area contributed by atoms with Gasteiger partial charge in [0.1, 0.15) is 0 Å². The minimum absolute atomic E-state index is 0.269. The van der Waals surface area contributed by atoms with Crippen molar-refractivity contribution in [1.29, 1.82) is 0 Å². The molecule has 2 heteroatoms. The first kappa shape index (κ1) is 23.2. The first-order valence-electron chi connectivity index (χ1n) is 8.62. The Morgan fingerprint density at radius 2 is 1.05 bits per heavy atom. The van der Waals surface area contributed by atoms with Gasteiger partial charge >= 0.3 is 0 Å². The van der Waals surface area contributed by atoms with Crippen LogP contribution in [0.4, 0.5) is 0 Å². The molecule has 0 saturated carbocycles. The molecule has 0 amide bonds. The molecule has 0 aliphatic carbocycles. The second-order valence-corrected chi connectivity index (χ2v) is 9.85. The van der Waals surface area contributed by atoms with Crippen LogP contribution in [0.5, 0.6) is 0 Å². The van der Waals surface area contributed by atoms with Gasteiger partial charge in [0.15, 0.2) is 0 Å². The molecule has 130 valence electrons. The molecule has 2 nitrogen and oxygen atoms in total. The molecule has 0 bridgehead atoms. The molecule has 2 N–H and O–H groups in total. The van der Waals surface area contributed by atoms with Crippen LogP contribution in [0.2, 0.25) is 0 Å². The average Bonchev–Trinajstić information content (AvgIpc) is 2.10. The SMILES string of the molecule is CC(C)(C)CCNC(C)(C)C.CC(C)CCNC(C)(C)C. The lowest BCUT2D eigenvalue weighted by Gasteiger charge is -2.24. The van der Waals surface area contributed by atoms with Crippen LogP contribution >= 0.6 is 0 Å². The van der Waals surface area contributed by atoms with E-state index in [0.717, 1.165) is 19.0 Å². The molecule has 0 radical (unpaired) electrons. The molecular weight excluding hydrogens is 256 g/mol. The van der Waals surface area contributed by atoms with Crippen LogP contribution in [-0.2, 0) is 0 Å². The van der Waals surface area contributed by atoms with Crippen molar-refractivity contribution in [2.75, 3.05) is 13.1 Å². The zero-order valence-corrected chi connectivity index (χ0v) is 16.9. The van der Waals surface area contributed by atoms with E-state index in [2.05, 4.69) is 86.8 Å². The van der Waals surface area contributed by atoms with E-state index in [1.807, 2.05) is 0 Å². The summed E-state index contributed by atoms with van der Waals surface area (Å²) >= 11 is 0. The van der Waals surface area contributed by atoms with Gasteiger partial charge in [0, 0.05) is 11.1 Å². The average molecular weight is 301 g/mol. The zero-order chi connectivity index (χ0) is 17.3. The summed E-state index contributed by atoms with van der Waals surface area (Å²) in [5, 5.41) is 6.93. The molecule has 0 unspecified atom stereocenters. The monoisotopic (exact) mass is 300 g/mol. The topological polar surface area (TPSA) is 24.1 Å². The van der Waals surface area contributed by atoms with Crippen LogP contribution in [0.1, 0.15) is 89.0 Å². The highest BCUT2D eigenvalue weighted by molar-refractivity contribution is 4.72. The van der Waals surface area contributed by atoms with Crippen LogP contribution in [0.25, 0.3) is 0 Å². The van der Waals surface area contributed by atoms with Crippen LogP contribution in [0.15, 0.2) is 0 Å². The predicted octanol–water partition coefficient (Wildman–Crippen LogP) is 5.23. The maximum Gasteiger partial charge on any atom is 0.00965 e. The minimum Gasteiger partial charge on any atom is -0.312 e. The Bertz CT molecular complexity index is 222. The van der Waals surface area contributed by atoms with E-state index < -0.39 is 0 Å². The van der Waals surface area contributed by atoms with Crippen molar-refractivity contribution in [2.45, 2.75) is 100 Å². The Morgan fingerprint density at radius 1 is 0.667 bits per heavy atom. The van der Waals surface area contributed by atoms with Crippen molar-refractivity contribution in [1.82, 2.24) is 10.6 Å². The fourth-order valence-corrected chi connectivity index (χ4v) is 1.55. The lowest BCUT2D eigenvalue weighted by molar-refractivity contribution is 0.331. The molecule has 0 saturated heterocycles. The molecule has 0 atom stereocenters. The lowest BCUT2D eigenvalue weighted by atomic mass is 9.92. The minimum atomic E-state index is 0.269. The molecule has 0 heterocycles. The van der Waals surface area contributed by atoms with E-state index in [-0.39, 0.29) is 11.1 Å². The third kappa shape index (κ3) is 28.7. The third-order valence-electron chi connectivity index (χ3n) is 2.91. The Labute approximate surface area is 135 Å². The summed E-state index contributed by atoms with van der Waals surface area (Å²) in [6.07, 6.45) is 2.52. The molecule has 0 spiro atoms. The summed E-state index contributed by atoms with van der Waals surface area (Å²) in [5.74, 6) is 0.815. The molecule has 21 heavy (non-hydrogen) atoms. The summed E-state index contributed by atoms with van der Waals surface area (Å²) in [7, 11) is 0. The van der Waals surface area contributed by atoms with Crippen molar-refractivity contribution in [2.24, 2.45) is 11.3 Å². The van der Waals surface area contributed by atoms with Crippen LogP contribution in [0, 0.1) is 11.3 Å². The summed E-state index contributed by atoms with van der Waals surface area (Å²) in [6, 6.07) is 0. The Kier molecular flexibility index (Phi) is 10.9. The first-order chi connectivity index (χ1) is 9.12. The fraction of sp³-hybridized carbons (Fsp3) is 1.00. The van der Waals surface area contributed by atoms with Crippen molar-refractivity contribution in [3.05, 3.63) is 0 Å². The normalized spacial score (nSPS) is 13.1. The highest BCUT2D eigenvalue weighted by Crippen LogP contribution is 2.17. The molecule has 0 rings (SSSR count).